The molecule has 1 rings (SSSR count). The second kappa shape index (κ2) is 4.84. The molecule has 0 spiro atoms. The van der Waals surface area contributed by atoms with Crippen molar-refractivity contribution in [2.75, 3.05) is 0 Å². The molecule has 0 bridgehead atoms. The lowest BCUT2D eigenvalue weighted by molar-refractivity contribution is 0.149. The maximum Gasteiger partial charge on any atom is 0.108 e. The predicted molar refractivity (Wildman–Crippen MR) is 51.1 cm³/mol. The van der Waals surface area contributed by atoms with E-state index in [2.05, 4.69) is 0 Å². The van der Waals surface area contributed by atoms with Crippen LogP contribution in [0.2, 0.25) is 0 Å². The van der Waals surface area contributed by atoms with Gasteiger partial charge in [-0.15, -0.1) is 0 Å². The molecule has 0 aromatic carbocycles. The zero-order valence-corrected chi connectivity index (χ0v) is 8.24. The van der Waals surface area contributed by atoms with Crippen molar-refractivity contribution in [2.24, 2.45) is 0 Å². The highest BCUT2D eigenvalue weighted by molar-refractivity contribution is 4.73. The Morgan fingerprint density at radius 2 is 1.08 bits per heavy atom. The molecule has 0 radical (unpaired) electrons. The van der Waals surface area contributed by atoms with Gasteiger partial charge in [-0.25, -0.2) is 4.39 Å². The molecule has 72 valence electrons. The van der Waals surface area contributed by atoms with Gasteiger partial charge in [0.25, 0.3) is 0 Å². The molecule has 0 N–H and O–H groups in total. The summed E-state index contributed by atoms with van der Waals surface area (Å²) in [6.45, 7) is 1.77. The van der Waals surface area contributed by atoms with Gasteiger partial charge in [-0.05, 0) is 19.8 Å². The van der Waals surface area contributed by atoms with Crippen LogP contribution in [0.5, 0.6) is 0 Å². The van der Waals surface area contributed by atoms with Crippen molar-refractivity contribution in [3.8, 4) is 0 Å². The Balaban J connectivity index is 2.27. The third-order valence-electron chi connectivity index (χ3n) is 2.90. The van der Waals surface area contributed by atoms with Crippen molar-refractivity contribution in [1.82, 2.24) is 0 Å². The summed E-state index contributed by atoms with van der Waals surface area (Å²) in [4.78, 5) is 0. The first-order valence-corrected chi connectivity index (χ1v) is 5.40. The minimum atomic E-state index is -0.864. The Morgan fingerprint density at radius 3 is 1.50 bits per heavy atom. The number of hydrogen-bond acceptors (Lipinski definition) is 0. The molecule has 1 saturated carbocycles. The lowest BCUT2D eigenvalue weighted by atomic mass is 9.91. The molecule has 0 amide bonds. The lowest BCUT2D eigenvalue weighted by Crippen LogP contribution is -2.17. The van der Waals surface area contributed by atoms with Crippen LogP contribution in [0.3, 0.4) is 0 Å². The smallest absolute Gasteiger partial charge is 0.108 e. The van der Waals surface area contributed by atoms with Gasteiger partial charge < -0.3 is 0 Å². The minimum Gasteiger partial charge on any atom is -0.244 e. The molecule has 1 aliphatic rings. The SMILES string of the molecule is CC1(F)CCCCCCCCC1. The maximum atomic E-state index is 13.6. The van der Waals surface area contributed by atoms with Gasteiger partial charge in [0, 0.05) is 0 Å². The van der Waals surface area contributed by atoms with Crippen LogP contribution in [0, 0.1) is 0 Å². The van der Waals surface area contributed by atoms with Gasteiger partial charge in [0.2, 0.25) is 0 Å². The van der Waals surface area contributed by atoms with Crippen molar-refractivity contribution >= 4 is 0 Å². The normalized spacial score (nSPS) is 26.5. The summed E-state index contributed by atoms with van der Waals surface area (Å²) >= 11 is 0. The molecule has 1 fully saturated rings. The first-order chi connectivity index (χ1) is 5.71. The quantitative estimate of drug-likeness (QED) is 0.512. The molecule has 1 aliphatic carbocycles. The standard InChI is InChI=1S/C11H21F/c1-11(12)9-7-5-3-2-4-6-8-10-11/h2-10H2,1H3. The highest BCUT2D eigenvalue weighted by atomic mass is 19.1. The highest BCUT2D eigenvalue weighted by Gasteiger charge is 2.21. The fraction of sp³-hybridized carbons (Fsp3) is 1.00. The van der Waals surface area contributed by atoms with E-state index in [1.165, 1.54) is 32.1 Å². The summed E-state index contributed by atoms with van der Waals surface area (Å²) in [5.41, 5.74) is -0.864. The molecule has 12 heavy (non-hydrogen) atoms. The lowest BCUT2D eigenvalue weighted by Gasteiger charge is -2.21. The summed E-state index contributed by atoms with van der Waals surface area (Å²) in [6.07, 6.45) is 10.2. The van der Waals surface area contributed by atoms with E-state index in [-0.39, 0.29) is 0 Å². The van der Waals surface area contributed by atoms with E-state index in [1.807, 2.05) is 0 Å². The van der Waals surface area contributed by atoms with E-state index in [9.17, 15) is 4.39 Å². The predicted octanol–water partition coefficient (Wildman–Crippen LogP) is 4.24. The van der Waals surface area contributed by atoms with Gasteiger partial charge in [0.1, 0.15) is 5.67 Å². The molecule has 0 heterocycles. The summed E-state index contributed by atoms with van der Waals surface area (Å²) in [5, 5.41) is 0. The van der Waals surface area contributed by atoms with Gasteiger partial charge in [-0.3, -0.25) is 0 Å². The number of rotatable bonds is 0. The van der Waals surface area contributed by atoms with Crippen molar-refractivity contribution < 1.29 is 4.39 Å². The Bertz CT molecular complexity index is 106. The first-order valence-electron chi connectivity index (χ1n) is 5.40. The van der Waals surface area contributed by atoms with Crippen LogP contribution in [0.1, 0.15) is 64.7 Å². The fourth-order valence-electron chi connectivity index (χ4n) is 2.00. The van der Waals surface area contributed by atoms with Crippen molar-refractivity contribution in [3.63, 3.8) is 0 Å². The summed E-state index contributed by atoms with van der Waals surface area (Å²) in [7, 11) is 0. The largest absolute Gasteiger partial charge is 0.244 e. The zero-order valence-electron chi connectivity index (χ0n) is 8.24. The van der Waals surface area contributed by atoms with E-state index in [0.717, 1.165) is 25.7 Å². The molecule has 0 unspecified atom stereocenters. The Morgan fingerprint density at radius 1 is 0.750 bits per heavy atom. The van der Waals surface area contributed by atoms with Crippen molar-refractivity contribution in [2.45, 2.75) is 70.4 Å². The average molecular weight is 172 g/mol. The molecule has 1 heteroatoms. The minimum absolute atomic E-state index is 0.785. The molecule has 0 aromatic rings. The van der Waals surface area contributed by atoms with E-state index in [4.69, 9.17) is 0 Å². The van der Waals surface area contributed by atoms with E-state index >= 15 is 0 Å². The highest BCUT2D eigenvalue weighted by Crippen LogP contribution is 2.27. The van der Waals surface area contributed by atoms with Crippen LogP contribution in [-0.4, -0.2) is 5.67 Å². The molecular weight excluding hydrogens is 151 g/mol. The Labute approximate surface area is 75.5 Å². The van der Waals surface area contributed by atoms with E-state index in [0.29, 0.717) is 0 Å². The maximum absolute atomic E-state index is 13.6. The van der Waals surface area contributed by atoms with Crippen molar-refractivity contribution in [1.29, 1.82) is 0 Å². The van der Waals surface area contributed by atoms with Gasteiger partial charge >= 0.3 is 0 Å². The fourth-order valence-corrected chi connectivity index (χ4v) is 2.00. The van der Waals surface area contributed by atoms with E-state index < -0.39 is 5.67 Å². The second-order valence-corrected chi connectivity index (χ2v) is 4.39. The summed E-state index contributed by atoms with van der Waals surface area (Å²) in [6, 6.07) is 0. The molecule has 0 saturated heterocycles. The van der Waals surface area contributed by atoms with Gasteiger partial charge in [-0.1, -0.05) is 44.9 Å². The van der Waals surface area contributed by atoms with Gasteiger partial charge in [-0.2, -0.15) is 0 Å². The molecule has 0 nitrogen and oxygen atoms in total. The average Bonchev–Trinajstić information content (AvgIpc) is 2.02. The van der Waals surface area contributed by atoms with Crippen LogP contribution in [0.15, 0.2) is 0 Å². The van der Waals surface area contributed by atoms with Crippen LogP contribution in [-0.2, 0) is 0 Å². The third kappa shape index (κ3) is 4.08. The monoisotopic (exact) mass is 172 g/mol. The number of alkyl halides is 1. The van der Waals surface area contributed by atoms with E-state index in [1.54, 1.807) is 6.92 Å². The Kier molecular flexibility index (Phi) is 4.03. The molecule has 0 aliphatic heterocycles. The van der Waals surface area contributed by atoms with Crippen LogP contribution < -0.4 is 0 Å². The van der Waals surface area contributed by atoms with Crippen LogP contribution in [0.4, 0.5) is 4.39 Å². The third-order valence-corrected chi connectivity index (χ3v) is 2.90. The van der Waals surface area contributed by atoms with Crippen molar-refractivity contribution in [3.05, 3.63) is 0 Å². The zero-order chi connectivity index (χ0) is 8.86. The van der Waals surface area contributed by atoms with Crippen LogP contribution >= 0.6 is 0 Å². The number of halogens is 1. The van der Waals surface area contributed by atoms with Gasteiger partial charge in [0.15, 0.2) is 0 Å². The number of hydrogen-bond donors (Lipinski definition) is 0. The summed E-state index contributed by atoms with van der Waals surface area (Å²) in [5.74, 6) is 0. The summed E-state index contributed by atoms with van der Waals surface area (Å²) < 4.78 is 13.6. The Hall–Kier alpha value is -0.0700. The first kappa shape index (κ1) is 10.0. The van der Waals surface area contributed by atoms with Gasteiger partial charge in [0.05, 0.1) is 0 Å². The molecule has 0 aromatic heterocycles. The molecule has 0 atom stereocenters. The van der Waals surface area contributed by atoms with Crippen LogP contribution in [0.25, 0.3) is 0 Å². The topological polar surface area (TPSA) is 0 Å². The molecular formula is C11H21F. The second-order valence-electron chi connectivity index (χ2n) is 4.39.